The molecule has 0 aromatic heterocycles. The Morgan fingerprint density at radius 3 is 2.71 bits per heavy atom. The van der Waals surface area contributed by atoms with Crippen LogP contribution in [-0.4, -0.2) is 47.4 Å². The summed E-state index contributed by atoms with van der Waals surface area (Å²) in [7, 11) is 0. The average molecular weight is 204 g/mol. The second-order valence-electron chi connectivity index (χ2n) is 3.31. The standard InChI is InChI=1S/C8H16N2O4/c1-4(12)6(3-11)14-7-5(2)13-8(9)10-7/h4-7,11-12H,3H2,1-2H3,(H2,9,10)/t4-,5-,6+,7+/m1/s1. The highest BCUT2D eigenvalue weighted by Crippen LogP contribution is 2.12. The Hall–Kier alpha value is -0.850. The molecule has 1 aliphatic rings. The van der Waals surface area contributed by atoms with E-state index in [4.69, 9.17) is 20.0 Å². The second kappa shape index (κ2) is 4.59. The predicted octanol–water partition coefficient (Wildman–Crippen LogP) is -0.986. The lowest BCUT2D eigenvalue weighted by atomic mass is 10.2. The molecule has 0 unspecified atom stereocenters. The van der Waals surface area contributed by atoms with Crippen molar-refractivity contribution in [2.75, 3.05) is 6.61 Å². The lowest BCUT2D eigenvalue weighted by Crippen LogP contribution is -2.42. The van der Waals surface area contributed by atoms with E-state index in [9.17, 15) is 5.11 Å². The topological polar surface area (TPSA) is 94.8 Å². The molecular formula is C8H16N2O4. The summed E-state index contributed by atoms with van der Waals surface area (Å²) < 4.78 is 10.3. The van der Waals surface area contributed by atoms with Gasteiger partial charge in [0, 0.05) is 0 Å². The second-order valence-corrected chi connectivity index (χ2v) is 3.31. The van der Waals surface area contributed by atoms with Gasteiger partial charge in [-0.25, -0.2) is 0 Å². The van der Waals surface area contributed by atoms with Crippen LogP contribution in [0.1, 0.15) is 13.8 Å². The molecule has 6 nitrogen and oxygen atoms in total. The quantitative estimate of drug-likeness (QED) is 0.472. The number of amidine groups is 1. The third-order valence-electron chi connectivity index (χ3n) is 2.04. The van der Waals surface area contributed by atoms with Crippen LogP contribution in [0.3, 0.4) is 0 Å². The molecule has 1 rings (SSSR count). The van der Waals surface area contributed by atoms with Gasteiger partial charge in [0.05, 0.1) is 12.7 Å². The fourth-order valence-corrected chi connectivity index (χ4v) is 1.17. The van der Waals surface area contributed by atoms with E-state index in [0.29, 0.717) is 0 Å². The van der Waals surface area contributed by atoms with Crippen molar-refractivity contribution in [2.45, 2.75) is 38.4 Å². The molecule has 0 aromatic carbocycles. The van der Waals surface area contributed by atoms with Gasteiger partial charge in [0.15, 0.2) is 6.23 Å². The number of hydrogen-bond acceptors (Lipinski definition) is 5. The Kier molecular flexibility index (Phi) is 3.68. The van der Waals surface area contributed by atoms with Gasteiger partial charge >= 0.3 is 0 Å². The largest absolute Gasteiger partial charge is 0.458 e. The smallest absolute Gasteiger partial charge is 0.284 e. The van der Waals surface area contributed by atoms with Crippen molar-refractivity contribution in [3.63, 3.8) is 0 Å². The number of nitrogens with one attached hydrogen (secondary N) is 2. The maximum atomic E-state index is 9.22. The van der Waals surface area contributed by atoms with Gasteiger partial charge in [0.1, 0.15) is 12.2 Å². The summed E-state index contributed by atoms with van der Waals surface area (Å²) in [5.41, 5.74) is 0. The zero-order valence-electron chi connectivity index (χ0n) is 8.23. The van der Waals surface area contributed by atoms with E-state index < -0.39 is 18.4 Å². The highest BCUT2D eigenvalue weighted by molar-refractivity contribution is 5.72. The lowest BCUT2D eigenvalue weighted by molar-refractivity contribution is -0.111. The SMILES string of the molecule is C[C@@H](O)[C@H](CO)O[C@@H]1NC(=N)O[C@@H]1C. The van der Waals surface area contributed by atoms with Gasteiger partial charge in [-0.05, 0) is 13.8 Å². The Bertz CT molecular complexity index is 210. The molecule has 0 radical (unpaired) electrons. The molecule has 0 spiro atoms. The fourth-order valence-electron chi connectivity index (χ4n) is 1.17. The van der Waals surface area contributed by atoms with Crippen LogP contribution in [0.2, 0.25) is 0 Å². The number of rotatable bonds is 4. The Balaban J connectivity index is 2.46. The van der Waals surface area contributed by atoms with Gasteiger partial charge in [0.25, 0.3) is 6.02 Å². The molecule has 0 aliphatic carbocycles. The molecule has 1 fully saturated rings. The summed E-state index contributed by atoms with van der Waals surface area (Å²) in [6.07, 6.45) is -2.21. The Morgan fingerprint density at radius 1 is 1.71 bits per heavy atom. The minimum absolute atomic E-state index is 0.0511. The van der Waals surface area contributed by atoms with Crippen LogP contribution in [0.4, 0.5) is 0 Å². The summed E-state index contributed by atoms with van der Waals surface area (Å²) in [5.74, 6) is 0. The summed E-state index contributed by atoms with van der Waals surface area (Å²) in [6, 6.07) is -0.0511. The first-order chi connectivity index (χ1) is 6.54. The van der Waals surface area contributed by atoms with Gasteiger partial charge in [-0.3, -0.25) is 5.41 Å². The molecule has 1 saturated heterocycles. The van der Waals surface area contributed by atoms with E-state index in [1.807, 2.05) is 0 Å². The van der Waals surface area contributed by atoms with Gasteiger partial charge in [0.2, 0.25) is 0 Å². The van der Waals surface area contributed by atoms with Crippen LogP contribution in [0.25, 0.3) is 0 Å². The monoisotopic (exact) mass is 204 g/mol. The van der Waals surface area contributed by atoms with Crippen molar-refractivity contribution in [1.29, 1.82) is 5.41 Å². The molecular weight excluding hydrogens is 188 g/mol. The third-order valence-corrected chi connectivity index (χ3v) is 2.04. The number of hydrogen-bond donors (Lipinski definition) is 4. The third kappa shape index (κ3) is 2.57. The fraction of sp³-hybridized carbons (Fsp3) is 0.875. The Labute approximate surface area is 82.3 Å². The molecule has 0 aromatic rings. The molecule has 0 bridgehead atoms. The summed E-state index contributed by atoms with van der Waals surface area (Å²) in [4.78, 5) is 0. The van der Waals surface area contributed by atoms with E-state index in [1.165, 1.54) is 6.92 Å². The summed E-state index contributed by atoms with van der Waals surface area (Å²) in [6.45, 7) is 3.01. The zero-order valence-corrected chi connectivity index (χ0v) is 8.23. The molecule has 0 amide bonds. The number of aliphatic hydroxyl groups excluding tert-OH is 2. The minimum atomic E-state index is -0.760. The van der Waals surface area contributed by atoms with Crippen molar-refractivity contribution < 1.29 is 19.7 Å². The van der Waals surface area contributed by atoms with Crippen molar-refractivity contribution in [3.8, 4) is 0 Å². The molecule has 1 aliphatic heterocycles. The molecule has 4 atom stereocenters. The van der Waals surface area contributed by atoms with Gasteiger partial charge in [-0.15, -0.1) is 0 Å². The highest BCUT2D eigenvalue weighted by Gasteiger charge is 2.32. The van der Waals surface area contributed by atoms with E-state index in [0.717, 1.165) is 0 Å². The van der Waals surface area contributed by atoms with Gasteiger partial charge in [-0.1, -0.05) is 0 Å². The van der Waals surface area contributed by atoms with Crippen molar-refractivity contribution >= 4 is 6.02 Å². The van der Waals surface area contributed by atoms with E-state index in [1.54, 1.807) is 6.92 Å². The predicted molar refractivity (Wildman–Crippen MR) is 48.8 cm³/mol. The molecule has 6 heteroatoms. The van der Waals surface area contributed by atoms with Gasteiger partial charge in [-0.2, -0.15) is 0 Å². The van der Waals surface area contributed by atoms with E-state index in [-0.39, 0.29) is 18.7 Å². The summed E-state index contributed by atoms with van der Waals surface area (Å²) in [5, 5.41) is 27.9. The minimum Gasteiger partial charge on any atom is -0.458 e. The Morgan fingerprint density at radius 2 is 2.36 bits per heavy atom. The first kappa shape index (κ1) is 11.2. The highest BCUT2D eigenvalue weighted by atomic mass is 16.6. The molecule has 1 heterocycles. The summed E-state index contributed by atoms with van der Waals surface area (Å²) >= 11 is 0. The van der Waals surface area contributed by atoms with Crippen molar-refractivity contribution in [2.24, 2.45) is 0 Å². The van der Waals surface area contributed by atoms with Crippen molar-refractivity contribution in [3.05, 3.63) is 0 Å². The van der Waals surface area contributed by atoms with Crippen LogP contribution in [0.5, 0.6) is 0 Å². The normalized spacial score (nSPS) is 30.7. The van der Waals surface area contributed by atoms with Gasteiger partial charge < -0.3 is 25.0 Å². The number of ether oxygens (including phenoxy) is 2. The lowest BCUT2D eigenvalue weighted by Gasteiger charge is -2.23. The first-order valence-corrected chi connectivity index (χ1v) is 4.50. The molecule has 14 heavy (non-hydrogen) atoms. The van der Waals surface area contributed by atoms with Crippen LogP contribution < -0.4 is 5.32 Å². The van der Waals surface area contributed by atoms with E-state index >= 15 is 0 Å². The van der Waals surface area contributed by atoms with Crippen molar-refractivity contribution in [1.82, 2.24) is 5.32 Å². The van der Waals surface area contributed by atoms with Crippen LogP contribution >= 0.6 is 0 Å². The maximum Gasteiger partial charge on any atom is 0.284 e. The maximum absolute atomic E-state index is 9.22. The first-order valence-electron chi connectivity index (χ1n) is 4.50. The zero-order chi connectivity index (χ0) is 10.7. The van der Waals surface area contributed by atoms with Crippen LogP contribution in [-0.2, 0) is 9.47 Å². The van der Waals surface area contributed by atoms with E-state index in [2.05, 4.69) is 5.32 Å². The van der Waals surface area contributed by atoms with Crippen LogP contribution in [0, 0.1) is 5.41 Å². The molecule has 4 N–H and O–H groups in total. The van der Waals surface area contributed by atoms with Crippen LogP contribution in [0.15, 0.2) is 0 Å². The molecule has 0 saturated carbocycles. The average Bonchev–Trinajstić information content (AvgIpc) is 2.40. The number of aliphatic hydroxyl groups is 2. The molecule has 82 valence electrons.